The zero-order chi connectivity index (χ0) is 27.2. The summed E-state index contributed by atoms with van der Waals surface area (Å²) in [5.41, 5.74) is -1.28. The maximum Gasteiger partial charge on any atom is 0.417 e. The van der Waals surface area contributed by atoms with E-state index in [9.17, 15) is 22.8 Å². The molecule has 0 spiro atoms. The van der Waals surface area contributed by atoms with E-state index in [1.54, 1.807) is 17.2 Å². The molecule has 0 saturated carbocycles. The van der Waals surface area contributed by atoms with Crippen molar-refractivity contribution in [2.45, 2.75) is 30.9 Å². The lowest BCUT2D eigenvalue weighted by molar-refractivity contribution is -0.138. The van der Waals surface area contributed by atoms with E-state index >= 15 is 4.39 Å². The van der Waals surface area contributed by atoms with Crippen LogP contribution < -0.4 is 20.5 Å². The predicted octanol–water partition coefficient (Wildman–Crippen LogP) is 2.53. The zero-order valence-electron chi connectivity index (χ0n) is 20.5. The Morgan fingerprint density at radius 2 is 2.08 bits per heavy atom. The van der Waals surface area contributed by atoms with Crippen molar-refractivity contribution >= 4 is 28.4 Å². The van der Waals surface area contributed by atoms with Gasteiger partial charge in [0.05, 0.1) is 48.6 Å². The summed E-state index contributed by atoms with van der Waals surface area (Å²) < 4.78 is 66.4. The van der Waals surface area contributed by atoms with Gasteiger partial charge in [0.25, 0.3) is 5.56 Å². The number of H-pyrrole nitrogens is 1. The van der Waals surface area contributed by atoms with Crippen molar-refractivity contribution in [3.63, 3.8) is 0 Å². The summed E-state index contributed by atoms with van der Waals surface area (Å²) >= 11 is 0. The number of rotatable bonds is 5. The van der Waals surface area contributed by atoms with E-state index in [1.807, 2.05) is 0 Å². The summed E-state index contributed by atoms with van der Waals surface area (Å²) in [7, 11) is 2.49. The number of aryl methyl sites for hydroxylation is 1. The van der Waals surface area contributed by atoms with E-state index in [-0.39, 0.29) is 19.1 Å². The molecule has 5 heterocycles. The van der Waals surface area contributed by atoms with Crippen molar-refractivity contribution < 1.29 is 31.8 Å². The van der Waals surface area contributed by atoms with Crippen molar-refractivity contribution in [2.75, 3.05) is 43.6 Å². The van der Waals surface area contributed by atoms with E-state index in [2.05, 4.69) is 20.5 Å². The van der Waals surface area contributed by atoms with Crippen LogP contribution in [0, 0.1) is 0 Å². The third-order valence-corrected chi connectivity index (χ3v) is 6.70. The molecule has 2 amide bonds. The molecule has 0 aromatic carbocycles. The third-order valence-electron chi connectivity index (χ3n) is 6.70. The van der Waals surface area contributed by atoms with Gasteiger partial charge in [0, 0.05) is 26.8 Å². The minimum absolute atomic E-state index is 0.0503. The molecular formula is C23H25F4N7O4. The lowest BCUT2D eigenvalue weighted by Crippen LogP contribution is -2.54. The molecule has 0 bridgehead atoms. The first kappa shape index (κ1) is 25.8. The number of hydrogen-bond donors (Lipinski definition) is 2. The number of carbonyl (C=O) groups excluding carboxylic acids is 1. The van der Waals surface area contributed by atoms with Crippen molar-refractivity contribution in [2.24, 2.45) is 7.05 Å². The molecule has 204 valence electrons. The van der Waals surface area contributed by atoms with Gasteiger partial charge in [-0.2, -0.15) is 13.2 Å². The summed E-state index contributed by atoms with van der Waals surface area (Å²) in [6.07, 6.45) is -3.82. The highest BCUT2D eigenvalue weighted by molar-refractivity contribution is 5.89. The summed E-state index contributed by atoms with van der Waals surface area (Å²) in [5.74, 6) is 0.381. The van der Waals surface area contributed by atoms with Crippen LogP contribution in [0.1, 0.15) is 12.0 Å². The quantitative estimate of drug-likeness (QED) is 0.479. The fourth-order valence-corrected chi connectivity index (χ4v) is 4.45. The molecule has 3 aromatic heterocycles. The lowest BCUT2D eigenvalue weighted by atomic mass is 10.0. The molecule has 5 rings (SSSR count). The minimum atomic E-state index is -4.71. The Labute approximate surface area is 213 Å². The average molecular weight is 539 g/mol. The van der Waals surface area contributed by atoms with Gasteiger partial charge in [-0.1, -0.05) is 0 Å². The van der Waals surface area contributed by atoms with Gasteiger partial charge in [0.2, 0.25) is 5.88 Å². The highest BCUT2D eigenvalue weighted by atomic mass is 19.4. The largest absolute Gasteiger partial charge is 0.468 e. The molecule has 2 atom stereocenters. The Morgan fingerprint density at radius 3 is 2.74 bits per heavy atom. The molecule has 11 nitrogen and oxygen atoms in total. The number of urea groups is 1. The second kappa shape index (κ2) is 9.78. The molecule has 2 aliphatic rings. The first-order valence-corrected chi connectivity index (χ1v) is 11.8. The van der Waals surface area contributed by atoms with Gasteiger partial charge in [-0.15, -0.1) is 5.10 Å². The van der Waals surface area contributed by atoms with Crippen LogP contribution in [0.5, 0.6) is 5.88 Å². The Morgan fingerprint density at radius 1 is 1.32 bits per heavy atom. The molecular weight excluding hydrogens is 514 g/mol. The van der Waals surface area contributed by atoms with Gasteiger partial charge in [-0.25, -0.2) is 14.2 Å². The summed E-state index contributed by atoms with van der Waals surface area (Å²) in [6, 6.07) is 0.626. The zero-order valence-corrected chi connectivity index (χ0v) is 20.5. The Hall–Kier alpha value is -3.88. The summed E-state index contributed by atoms with van der Waals surface area (Å²) in [4.78, 5) is 32.2. The molecule has 38 heavy (non-hydrogen) atoms. The number of ether oxygens (including phenoxy) is 2. The van der Waals surface area contributed by atoms with E-state index in [0.29, 0.717) is 54.6 Å². The Kier molecular flexibility index (Phi) is 6.63. The Balaban J connectivity index is 1.26. The van der Waals surface area contributed by atoms with Crippen LogP contribution in [0.25, 0.3) is 11.0 Å². The number of piperidine rings is 1. The molecule has 0 unspecified atom stereocenters. The SMILES string of the molecule is CN(C(=O)Nc1cc(C(F)(F)F)cn(C)c1=O)[C@@H]1CCN(c2cnc3[nH]nc(OC4COC4)c3c2)C[C@@H]1F. The number of hydrogen-bond acceptors (Lipinski definition) is 7. The van der Waals surface area contributed by atoms with Crippen molar-refractivity contribution in [1.29, 1.82) is 0 Å². The number of halogens is 4. The van der Waals surface area contributed by atoms with Gasteiger partial charge in [0.15, 0.2) is 5.65 Å². The van der Waals surface area contributed by atoms with Crippen LogP contribution in [-0.4, -0.2) is 82.3 Å². The van der Waals surface area contributed by atoms with Crippen LogP contribution in [0.15, 0.2) is 29.3 Å². The van der Waals surface area contributed by atoms with Crippen LogP contribution in [0.3, 0.4) is 0 Å². The van der Waals surface area contributed by atoms with E-state index in [1.165, 1.54) is 7.05 Å². The number of pyridine rings is 2. The van der Waals surface area contributed by atoms with Gasteiger partial charge in [-0.05, 0) is 18.6 Å². The third kappa shape index (κ3) is 4.97. The number of nitrogens with one attached hydrogen (secondary N) is 2. The van der Waals surface area contributed by atoms with Gasteiger partial charge in [-0.3, -0.25) is 9.89 Å². The van der Waals surface area contributed by atoms with Crippen molar-refractivity contribution in [3.05, 3.63) is 40.4 Å². The number of carbonyl (C=O) groups is 1. The topological polar surface area (TPSA) is 118 Å². The number of amides is 2. The number of anilines is 2. The molecule has 2 aliphatic heterocycles. The van der Waals surface area contributed by atoms with Gasteiger partial charge in [0.1, 0.15) is 18.0 Å². The standard InChI is InChI=1S/C23H25F4N7O4/c1-32-8-12(23(25,26)27)5-17(21(32)35)29-22(36)33(2)18-3-4-34(9-16(18)24)13-6-15-19(28-7-13)30-31-20(15)38-14-10-37-11-14/h5-8,14,16,18H,3-4,9-11H2,1-2H3,(H,29,36)(H,28,30,31)/t16-,18+/m0/s1. The molecule has 2 saturated heterocycles. The summed E-state index contributed by atoms with van der Waals surface area (Å²) in [5, 5.41) is 9.79. The monoisotopic (exact) mass is 539 g/mol. The first-order valence-electron chi connectivity index (χ1n) is 11.8. The molecule has 0 aliphatic carbocycles. The number of aromatic nitrogens is 4. The fraction of sp³-hybridized carbons (Fsp3) is 0.478. The average Bonchev–Trinajstić information content (AvgIpc) is 3.25. The normalized spacial score (nSPS) is 20.3. The molecule has 0 radical (unpaired) electrons. The Bertz CT molecular complexity index is 1400. The highest BCUT2D eigenvalue weighted by Crippen LogP contribution is 2.31. The fourth-order valence-electron chi connectivity index (χ4n) is 4.45. The van der Waals surface area contributed by atoms with Gasteiger partial charge >= 0.3 is 12.2 Å². The smallest absolute Gasteiger partial charge is 0.417 e. The number of fused-ring (bicyclic) bond motifs is 1. The first-order chi connectivity index (χ1) is 18.0. The van der Waals surface area contributed by atoms with E-state index in [0.717, 1.165) is 16.5 Å². The molecule has 2 fully saturated rings. The molecule has 15 heteroatoms. The second-order valence-electron chi connectivity index (χ2n) is 9.31. The van der Waals surface area contributed by atoms with E-state index < -0.39 is 41.2 Å². The summed E-state index contributed by atoms with van der Waals surface area (Å²) in [6.45, 7) is 1.28. The van der Waals surface area contributed by atoms with Crippen molar-refractivity contribution in [3.8, 4) is 5.88 Å². The molecule has 2 N–H and O–H groups in total. The van der Waals surface area contributed by atoms with E-state index in [4.69, 9.17) is 9.47 Å². The predicted molar refractivity (Wildman–Crippen MR) is 128 cm³/mol. The number of alkyl halides is 4. The maximum atomic E-state index is 15.3. The van der Waals surface area contributed by atoms with Gasteiger partial charge < -0.3 is 29.2 Å². The van der Waals surface area contributed by atoms with Crippen LogP contribution >= 0.6 is 0 Å². The second-order valence-corrected chi connectivity index (χ2v) is 9.31. The van der Waals surface area contributed by atoms with Crippen LogP contribution in [0.2, 0.25) is 0 Å². The number of aromatic amines is 1. The minimum Gasteiger partial charge on any atom is -0.468 e. The van der Waals surface area contributed by atoms with Crippen LogP contribution in [-0.2, 0) is 18.0 Å². The highest BCUT2D eigenvalue weighted by Gasteiger charge is 2.36. The number of nitrogens with zero attached hydrogens (tertiary/aromatic N) is 5. The molecule has 3 aromatic rings. The lowest BCUT2D eigenvalue weighted by Gasteiger charge is -2.39. The van der Waals surface area contributed by atoms with Crippen molar-refractivity contribution in [1.82, 2.24) is 24.6 Å². The van der Waals surface area contributed by atoms with Crippen LogP contribution in [0.4, 0.5) is 33.7 Å². The maximum absolute atomic E-state index is 15.3.